The van der Waals surface area contributed by atoms with Gasteiger partial charge < -0.3 is 10.2 Å². The average Bonchev–Trinajstić information content (AvgIpc) is 2.11. The van der Waals surface area contributed by atoms with Crippen molar-refractivity contribution in [1.82, 2.24) is 0 Å². The highest BCUT2D eigenvalue weighted by atomic mass is 16.3. The van der Waals surface area contributed by atoms with Crippen molar-refractivity contribution < 1.29 is 15.0 Å². The van der Waals surface area contributed by atoms with Gasteiger partial charge in [-0.1, -0.05) is 19.8 Å². The number of Topliss-reactive ketones (excluding diaryl/α,β-unsaturated/α-hetero) is 1. The zero-order chi connectivity index (χ0) is 11.2. The van der Waals surface area contributed by atoms with E-state index >= 15 is 0 Å². The Morgan fingerprint density at radius 1 is 1.43 bits per heavy atom. The molecule has 0 aromatic carbocycles. The van der Waals surface area contributed by atoms with E-state index in [0.717, 1.165) is 12.8 Å². The normalized spacial score (nSPS) is 17.5. The number of aliphatic hydroxyl groups excluding tert-OH is 1. The van der Waals surface area contributed by atoms with Crippen LogP contribution >= 0.6 is 0 Å². The van der Waals surface area contributed by atoms with Crippen LogP contribution in [-0.2, 0) is 4.79 Å². The molecular weight excluding hydrogens is 180 g/mol. The molecule has 2 atom stereocenters. The van der Waals surface area contributed by atoms with E-state index in [2.05, 4.69) is 0 Å². The maximum atomic E-state index is 11.3. The number of carbonyl (C=O) groups is 1. The lowest BCUT2D eigenvalue weighted by Gasteiger charge is -2.25. The Labute approximate surface area is 86.1 Å². The molecule has 0 rings (SSSR count). The van der Waals surface area contributed by atoms with E-state index < -0.39 is 11.7 Å². The van der Waals surface area contributed by atoms with Crippen LogP contribution in [0.5, 0.6) is 0 Å². The van der Waals surface area contributed by atoms with Gasteiger partial charge in [0.15, 0.2) is 5.78 Å². The quantitative estimate of drug-likeness (QED) is 0.660. The summed E-state index contributed by atoms with van der Waals surface area (Å²) in [5, 5.41) is 19.1. The minimum Gasteiger partial charge on any atom is -0.393 e. The number of hydrogen-bond donors (Lipinski definition) is 2. The fourth-order valence-corrected chi connectivity index (χ4v) is 1.39. The van der Waals surface area contributed by atoms with Gasteiger partial charge in [0.05, 0.1) is 6.10 Å². The first kappa shape index (κ1) is 13.6. The van der Waals surface area contributed by atoms with Crippen LogP contribution in [0.4, 0.5) is 0 Å². The maximum absolute atomic E-state index is 11.3. The molecule has 0 spiro atoms. The van der Waals surface area contributed by atoms with Gasteiger partial charge in [-0.15, -0.1) is 0 Å². The van der Waals surface area contributed by atoms with Gasteiger partial charge in [0.1, 0.15) is 5.60 Å². The highest BCUT2D eigenvalue weighted by Gasteiger charge is 2.31. The van der Waals surface area contributed by atoms with E-state index in [1.807, 2.05) is 6.92 Å². The SMILES string of the molecule is CCCCC(O)(CCC(C)O)C(C)=O. The summed E-state index contributed by atoms with van der Waals surface area (Å²) in [7, 11) is 0. The minimum absolute atomic E-state index is 0.188. The molecule has 0 radical (unpaired) electrons. The molecule has 14 heavy (non-hydrogen) atoms. The van der Waals surface area contributed by atoms with Gasteiger partial charge in [-0.25, -0.2) is 0 Å². The first-order valence-corrected chi connectivity index (χ1v) is 5.34. The van der Waals surface area contributed by atoms with Crippen LogP contribution in [-0.4, -0.2) is 27.7 Å². The van der Waals surface area contributed by atoms with E-state index in [-0.39, 0.29) is 5.78 Å². The summed E-state index contributed by atoms with van der Waals surface area (Å²) < 4.78 is 0. The van der Waals surface area contributed by atoms with Crippen molar-refractivity contribution in [3.05, 3.63) is 0 Å². The van der Waals surface area contributed by atoms with Crippen LogP contribution in [0.25, 0.3) is 0 Å². The number of ketones is 1. The molecule has 0 fully saturated rings. The molecule has 0 bridgehead atoms. The van der Waals surface area contributed by atoms with E-state index in [9.17, 15) is 9.90 Å². The van der Waals surface area contributed by atoms with Crippen LogP contribution < -0.4 is 0 Å². The molecule has 0 amide bonds. The van der Waals surface area contributed by atoms with Gasteiger partial charge in [-0.3, -0.25) is 4.79 Å². The third-order valence-corrected chi connectivity index (χ3v) is 2.57. The monoisotopic (exact) mass is 202 g/mol. The van der Waals surface area contributed by atoms with Crippen molar-refractivity contribution in [2.45, 2.75) is 64.6 Å². The van der Waals surface area contributed by atoms with Gasteiger partial charge in [0.2, 0.25) is 0 Å². The second-order valence-electron chi connectivity index (χ2n) is 4.08. The summed E-state index contributed by atoms with van der Waals surface area (Å²) in [6.45, 7) is 5.10. The first-order valence-electron chi connectivity index (χ1n) is 5.34. The molecule has 0 aliphatic rings. The molecule has 0 aromatic rings. The predicted octanol–water partition coefficient (Wildman–Crippen LogP) is 1.66. The van der Waals surface area contributed by atoms with Crippen LogP contribution in [0.3, 0.4) is 0 Å². The predicted molar refractivity (Wildman–Crippen MR) is 56.1 cm³/mol. The molecule has 0 saturated carbocycles. The first-order chi connectivity index (χ1) is 6.42. The summed E-state index contributed by atoms with van der Waals surface area (Å²) in [5.74, 6) is -0.188. The molecule has 0 aromatic heterocycles. The maximum Gasteiger partial charge on any atom is 0.161 e. The fourth-order valence-electron chi connectivity index (χ4n) is 1.39. The lowest BCUT2D eigenvalue weighted by Crippen LogP contribution is -2.37. The van der Waals surface area contributed by atoms with Gasteiger partial charge >= 0.3 is 0 Å². The van der Waals surface area contributed by atoms with Crippen molar-refractivity contribution >= 4 is 5.78 Å². The summed E-state index contributed by atoms with van der Waals surface area (Å²) in [4.78, 5) is 11.3. The molecule has 2 unspecified atom stereocenters. The number of unbranched alkanes of at least 4 members (excludes halogenated alkanes) is 1. The third-order valence-electron chi connectivity index (χ3n) is 2.57. The van der Waals surface area contributed by atoms with E-state index in [1.165, 1.54) is 6.92 Å². The van der Waals surface area contributed by atoms with Gasteiger partial charge in [-0.05, 0) is 33.1 Å². The topological polar surface area (TPSA) is 57.5 Å². The molecule has 0 heterocycles. The van der Waals surface area contributed by atoms with Gasteiger partial charge in [-0.2, -0.15) is 0 Å². The summed E-state index contributed by atoms with van der Waals surface area (Å²) in [5.41, 5.74) is -1.22. The second-order valence-corrected chi connectivity index (χ2v) is 4.08. The Morgan fingerprint density at radius 3 is 2.36 bits per heavy atom. The summed E-state index contributed by atoms with van der Waals surface area (Å²) in [6.07, 6.45) is 2.69. The Bertz CT molecular complexity index is 177. The van der Waals surface area contributed by atoms with Gasteiger partial charge in [0.25, 0.3) is 0 Å². The molecule has 0 saturated heterocycles. The van der Waals surface area contributed by atoms with E-state index in [4.69, 9.17) is 5.11 Å². The van der Waals surface area contributed by atoms with Gasteiger partial charge in [0, 0.05) is 0 Å². The Hall–Kier alpha value is -0.410. The van der Waals surface area contributed by atoms with Crippen molar-refractivity contribution in [3.8, 4) is 0 Å². The molecule has 3 nitrogen and oxygen atoms in total. The third kappa shape index (κ3) is 4.72. The molecule has 84 valence electrons. The largest absolute Gasteiger partial charge is 0.393 e. The lowest BCUT2D eigenvalue weighted by atomic mass is 9.87. The summed E-state index contributed by atoms with van der Waals surface area (Å²) >= 11 is 0. The molecule has 0 aliphatic heterocycles. The Kier molecular flexibility index (Phi) is 5.96. The smallest absolute Gasteiger partial charge is 0.161 e. The number of rotatable bonds is 7. The van der Waals surface area contributed by atoms with Crippen LogP contribution in [0.2, 0.25) is 0 Å². The van der Waals surface area contributed by atoms with Crippen molar-refractivity contribution in [2.24, 2.45) is 0 Å². The zero-order valence-electron chi connectivity index (χ0n) is 9.42. The van der Waals surface area contributed by atoms with Crippen LogP contribution in [0, 0.1) is 0 Å². The molecule has 2 N–H and O–H groups in total. The van der Waals surface area contributed by atoms with Crippen molar-refractivity contribution in [3.63, 3.8) is 0 Å². The van der Waals surface area contributed by atoms with E-state index in [1.54, 1.807) is 6.92 Å². The van der Waals surface area contributed by atoms with Crippen LogP contribution in [0.1, 0.15) is 52.9 Å². The number of aliphatic hydroxyl groups is 2. The average molecular weight is 202 g/mol. The van der Waals surface area contributed by atoms with Crippen molar-refractivity contribution in [2.75, 3.05) is 0 Å². The zero-order valence-corrected chi connectivity index (χ0v) is 9.42. The van der Waals surface area contributed by atoms with Crippen LogP contribution in [0.15, 0.2) is 0 Å². The van der Waals surface area contributed by atoms with E-state index in [0.29, 0.717) is 19.3 Å². The van der Waals surface area contributed by atoms with Crippen molar-refractivity contribution in [1.29, 1.82) is 0 Å². The summed E-state index contributed by atoms with van der Waals surface area (Å²) in [6, 6.07) is 0. The molecule has 0 aliphatic carbocycles. The Balaban J connectivity index is 4.17. The molecular formula is C11H22O3. The lowest BCUT2D eigenvalue weighted by molar-refractivity contribution is -0.137. The second kappa shape index (κ2) is 6.14. The fraction of sp³-hybridized carbons (Fsp3) is 0.909. The highest BCUT2D eigenvalue weighted by molar-refractivity contribution is 5.84. The Morgan fingerprint density at radius 2 is 2.00 bits per heavy atom. The minimum atomic E-state index is -1.22. The number of hydrogen-bond acceptors (Lipinski definition) is 3. The number of carbonyl (C=O) groups excluding carboxylic acids is 1. The molecule has 3 heteroatoms. The standard InChI is InChI=1S/C11H22O3/c1-4-5-7-11(14,10(3)13)8-6-9(2)12/h9,12,14H,4-8H2,1-3H3. The highest BCUT2D eigenvalue weighted by Crippen LogP contribution is 2.22.